The second-order valence-electron chi connectivity index (χ2n) is 7.67. The molecule has 30 heavy (non-hydrogen) atoms. The third-order valence-electron chi connectivity index (χ3n) is 4.93. The van der Waals surface area contributed by atoms with Crippen molar-refractivity contribution in [3.8, 4) is 0 Å². The minimum Gasteiger partial charge on any atom is -0.481 e. The molecule has 0 heterocycles. The number of thioether (sulfide) groups is 2. The van der Waals surface area contributed by atoms with Crippen molar-refractivity contribution in [2.45, 2.75) is 99.7 Å². The van der Waals surface area contributed by atoms with Gasteiger partial charge in [0, 0.05) is 22.6 Å². The fourth-order valence-corrected chi connectivity index (χ4v) is 5.45. The lowest BCUT2D eigenvalue weighted by molar-refractivity contribution is -0.138. The SMILES string of the molecule is O=C(O)CCCCCCCCCCCCCSc1ccccc1SCCCC(=O)O. The number of rotatable bonds is 20. The van der Waals surface area contributed by atoms with Gasteiger partial charge in [0.1, 0.15) is 0 Å². The van der Waals surface area contributed by atoms with Crippen LogP contribution in [-0.2, 0) is 9.59 Å². The average molecular weight is 455 g/mol. The molecule has 1 aromatic carbocycles. The topological polar surface area (TPSA) is 74.6 Å². The summed E-state index contributed by atoms with van der Waals surface area (Å²) in [4.78, 5) is 23.6. The molecule has 0 amide bonds. The second kappa shape index (κ2) is 18.6. The van der Waals surface area contributed by atoms with E-state index in [2.05, 4.69) is 24.3 Å². The summed E-state index contributed by atoms with van der Waals surface area (Å²) in [5.74, 6) is 0.602. The van der Waals surface area contributed by atoms with Crippen molar-refractivity contribution < 1.29 is 19.8 Å². The minimum absolute atomic E-state index is 0.245. The Hall–Kier alpha value is -1.14. The number of hydrogen-bond donors (Lipinski definition) is 2. The first kappa shape index (κ1) is 26.9. The van der Waals surface area contributed by atoms with Crippen LogP contribution in [0.3, 0.4) is 0 Å². The summed E-state index contributed by atoms with van der Waals surface area (Å²) in [5.41, 5.74) is 0. The fraction of sp³-hybridized carbons (Fsp3) is 0.667. The number of carbonyl (C=O) groups is 2. The summed E-state index contributed by atoms with van der Waals surface area (Å²) < 4.78 is 0. The Morgan fingerprint density at radius 2 is 0.933 bits per heavy atom. The number of aliphatic carboxylic acids is 2. The van der Waals surface area contributed by atoms with Gasteiger partial charge in [-0.1, -0.05) is 69.9 Å². The summed E-state index contributed by atoms with van der Waals surface area (Å²) >= 11 is 3.69. The number of unbranched alkanes of at least 4 members (excludes halogenated alkanes) is 10. The van der Waals surface area contributed by atoms with E-state index in [1.807, 2.05) is 11.8 Å². The molecule has 4 nitrogen and oxygen atoms in total. The predicted octanol–water partition coefficient (Wildman–Crippen LogP) is 7.50. The lowest BCUT2D eigenvalue weighted by Crippen LogP contribution is -1.95. The lowest BCUT2D eigenvalue weighted by atomic mass is 10.1. The maximum atomic E-state index is 10.6. The van der Waals surface area contributed by atoms with Crippen LogP contribution in [0.4, 0.5) is 0 Å². The molecule has 0 atom stereocenters. The molecule has 170 valence electrons. The van der Waals surface area contributed by atoms with Crippen molar-refractivity contribution in [1.82, 2.24) is 0 Å². The third-order valence-corrected chi connectivity index (χ3v) is 7.38. The minimum atomic E-state index is -0.716. The van der Waals surface area contributed by atoms with Crippen molar-refractivity contribution in [3.63, 3.8) is 0 Å². The number of carboxylic acid groups (broad SMARTS) is 2. The Morgan fingerprint density at radius 1 is 0.567 bits per heavy atom. The van der Waals surface area contributed by atoms with E-state index in [-0.39, 0.29) is 6.42 Å². The molecule has 0 saturated heterocycles. The molecule has 0 saturated carbocycles. The fourth-order valence-electron chi connectivity index (χ4n) is 3.25. The van der Waals surface area contributed by atoms with Crippen molar-refractivity contribution in [2.75, 3.05) is 11.5 Å². The molecular formula is C24H38O4S2. The summed E-state index contributed by atoms with van der Waals surface area (Å²) in [6.45, 7) is 0. The van der Waals surface area contributed by atoms with Gasteiger partial charge in [-0.25, -0.2) is 0 Å². The average Bonchev–Trinajstić information content (AvgIpc) is 2.72. The zero-order valence-electron chi connectivity index (χ0n) is 18.2. The van der Waals surface area contributed by atoms with E-state index in [0.717, 1.165) is 24.3 Å². The first-order valence-corrected chi connectivity index (χ1v) is 13.3. The number of benzene rings is 1. The molecule has 1 aromatic rings. The van der Waals surface area contributed by atoms with E-state index in [9.17, 15) is 9.59 Å². The molecule has 0 unspecified atom stereocenters. The number of carboxylic acids is 2. The molecule has 0 spiro atoms. The van der Waals surface area contributed by atoms with E-state index >= 15 is 0 Å². The van der Waals surface area contributed by atoms with Crippen molar-refractivity contribution in [3.05, 3.63) is 24.3 Å². The Labute approximate surface area is 190 Å². The van der Waals surface area contributed by atoms with Crippen LogP contribution in [0.2, 0.25) is 0 Å². The van der Waals surface area contributed by atoms with Crippen LogP contribution in [0, 0.1) is 0 Å². The van der Waals surface area contributed by atoms with Crippen LogP contribution in [0.15, 0.2) is 34.1 Å². The van der Waals surface area contributed by atoms with Gasteiger partial charge in [-0.15, -0.1) is 23.5 Å². The number of hydrogen-bond acceptors (Lipinski definition) is 4. The highest BCUT2D eigenvalue weighted by atomic mass is 32.2. The Kier molecular flexibility index (Phi) is 16.7. The summed E-state index contributed by atoms with van der Waals surface area (Å²) in [5, 5.41) is 17.3. The van der Waals surface area contributed by atoms with E-state index in [1.165, 1.54) is 67.6 Å². The Bertz CT molecular complexity index is 592. The lowest BCUT2D eigenvalue weighted by Gasteiger charge is -2.08. The van der Waals surface area contributed by atoms with Crippen molar-refractivity contribution >= 4 is 35.5 Å². The maximum absolute atomic E-state index is 10.6. The van der Waals surface area contributed by atoms with Gasteiger partial charge in [-0.05, 0) is 42.9 Å². The molecule has 0 radical (unpaired) electrons. The van der Waals surface area contributed by atoms with Gasteiger partial charge in [0.2, 0.25) is 0 Å². The molecule has 2 N–H and O–H groups in total. The van der Waals surface area contributed by atoms with E-state index < -0.39 is 11.9 Å². The van der Waals surface area contributed by atoms with Crippen LogP contribution >= 0.6 is 23.5 Å². The summed E-state index contributed by atoms with van der Waals surface area (Å²) in [6, 6.07) is 8.45. The highest BCUT2D eigenvalue weighted by Crippen LogP contribution is 2.32. The van der Waals surface area contributed by atoms with Crippen LogP contribution in [0.5, 0.6) is 0 Å². The zero-order valence-corrected chi connectivity index (χ0v) is 19.8. The highest BCUT2D eigenvalue weighted by molar-refractivity contribution is 8.02. The second-order valence-corrected chi connectivity index (χ2v) is 9.95. The van der Waals surface area contributed by atoms with E-state index in [0.29, 0.717) is 12.8 Å². The van der Waals surface area contributed by atoms with Crippen LogP contribution in [0.1, 0.15) is 89.9 Å². The molecule has 0 bridgehead atoms. The quantitative estimate of drug-likeness (QED) is 0.157. The van der Waals surface area contributed by atoms with Gasteiger partial charge in [0.05, 0.1) is 0 Å². The molecule has 6 heteroatoms. The maximum Gasteiger partial charge on any atom is 0.303 e. The van der Waals surface area contributed by atoms with Crippen LogP contribution in [-0.4, -0.2) is 33.7 Å². The summed E-state index contributed by atoms with van der Waals surface area (Å²) in [6.07, 6.45) is 14.6. The first-order valence-electron chi connectivity index (χ1n) is 11.4. The molecule has 0 aliphatic heterocycles. The van der Waals surface area contributed by atoms with E-state index in [4.69, 9.17) is 10.2 Å². The van der Waals surface area contributed by atoms with E-state index in [1.54, 1.807) is 11.8 Å². The monoisotopic (exact) mass is 454 g/mol. The normalized spacial score (nSPS) is 10.9. The van der Waals surface area contributed by atoms with Crippen LogP contribution < -0.4 is 0 Å². The Morgan fingerprint density at radius 3 is 1.40 bits per heavy atom. The van der Waals surface area contributed by atoms with Gasteiger partial charge in [0.15, 0.2) is 0 Å². The molecule has 1 rings (SSSR count). The van der Waals surface area contributed by atoms with Gasteiger partial charge >= 0.3 is 11.9 Å². The smallest absolute Gasteiger partial charge is 0.303 e. The van der Waals surface area contributed by atoms with Gasteiger partial charge in [-0.3, -0.25) is 9.59 Å². The van der Waals surface area contributed by atoms with Gasteiger partial charge in [0.25, 0.3) is 0 Å². The van der Waals surface area contributed by atoms with Gasteiger partial charge in [-0.2, -0.15) is 0 Å². The zero-order chi connectivity index (χ0) is 21.9. The van der Waals surface area contributed by atoms with Crippen molar-refractivity contribution in [1.29, 1.82) is 0 Å². The Balaban J connectivity index is 1.97. The molecule has 0 aliphatic carbocycles. The third kappa shape index (κ3) is 15.7. The first-order chi connectivity index (χ1) is 14.6. The molecule has 0 aromatic heterocycles. The van der Waals surface area contributed by atoms with Gasteiger partial charge < -0.3 is 10.2 Å². The van der Waals surface area contributed by atoms with Crippen molar-refractivity contribution in [2.24, 2.45) is 0 Å². The molecule has 0 aliphatic rings. The molecule has 0 fully saturated rings. The molecular weight excluding hydrogens is 416 g/mol. The largest absolute Gasteiger partial charge is 0.481 e. The highest BCUT2D eigenvalue weighted by Gasteiger charge is 2.04. The summed E-state index contributed by atoms with van der Waals surface area (Å²) in [7, 11) is 0. The predicted molar refractivity (Wildman–Crippen MR) is 128 cm³/mol. The standard InChI is InChI=1S/C24H38O4S2/c25-23(26)17-10-8-6-4-2-1-3-5-7-9-13-19-29-21-15-11-12-16-22(21)30-20-14-18-24(27)28/h11-12,15-16H,1-10,13-14,17-20H2,(H,25,26)(H,27,28). The van der Waals surface area contributed by atoms with Crippen LogP contribution in [0.25, 0.3) is 0 Å².